The number of halogens is 1. The second-order valence-corrected chi connectivity index (χ2v) is 9.59. The summed E-state index contributed by atoms with van der Waals surface area (Å²) in [5.41, 5.74) is 6.54. The first kappa shape index (κ1) is 21.9. The molecular formula is C27H23BrN2O2S. The summed E-state index contributed by atoms with van der Waals surface area (Å²) in [6.07, 6.45) is 0. The smallest absolute Gasteiger partial charge is 0.175 e. The van der Waals surface area contributed by atoms with Crippen LogP contribution in [0, 0.1) is 0 Å². The van der Waals surface area contributed by atoms with Crippen LogP contribution in [0.25, 0.3) is 10.8 Å². The van der Waals surface area contributed by atoms with Crippen LogP contribution in [-0.4, -0.2) is 11.7 Å². The first-order valence-corrected chi connectivity index (χ1v) is 12.5. The molecule has 166 valence electrons. The number of thioether (sulfide) groups is 1. The molecule has 1 aliphatic heterocycles. The van der Waals surface area contributed by atoms with Crippen LogP contribution in [0.3, 0.4) is 0 Å². The van der Waals surface area contributed by atoms with Crippen LogP contribution in [-0.2, 0) is 6.61 Å². The van der Waals surface area contributed by atoms with E-state index in [1.807, 2.05) is 31.2 Å². The van der Waals surface area contributed by atoms with Crippen molar-refractivity contribution in [2.45, 2.75) is 18.9 Å². The van der Waals surface area contributed by atoms with Gasteiger partial charge in [0.25, 0.3) is 0 Å². The highest BCUT2D eigenvalue weighted by atomic mass is 79.9. The Morgan fingerprint density at radius 2 is 1.70 bits per heavy atom. The predicted molar refractivity (Wildman–Crippen MR) is 140 cm³/mol. The highest BCUT2D eigenvalue weighted by Crippen LogP contribution is 2.42. The topological polar surface area (TPSA) is 42.8 Å². The molecule has 0 aliphatic carbocycles. The quantitative estimate of drug-likeness (QED) is 0.279. The van der Waals surface area contributed by atoms with Gasteiger partial charge in [0.1, 0.15) is 17.0 Å². The van der Waals surface area contributed by atoms with E-state index in [9.17, 15) is 0 Å². The summed E-state index contributed by atoms with van der Waals surface area (Å²) in [5, 5.41) is 7.95. The third-order valence-corrected chi connectivity index (χ3v) is 7.12. The van der Waals surface area contributed by atoms with Gasteiger partial charge in [0.2, 0.25) is 0 Å². The minimum Gasteiger partial charge on any atom is -0.490 e. The van der Waals surface area contributed by atoms with Crippen LogP contribution in [0.15, 0.2) is 94.5 Å². The van der Waals surface area contributed by atoms with Crippen molar-refractivity contribution < 1.29 is 9.47 Å². The van der Waals surface area contributed by atoms with E-state index in [-0.39, 0.29) is 5.37 Å². The van der Waals surface area contributed by atoms with Gasteiger partial charge in [-0.25, -0.2) is 0 Å². The van der Waals surface area contributed by atoms with Gasteiger partial charge in [0.15, 0.2) is 11.5 Å². The highest BCUT2D eigenvalue weighted by molar-refractivity contribution is 9.10. The zero-order chi connectivity index (χ0) is 22.6. The molecule has 6 heteroatoms. The van der Waals surface area contributed by atoms with Crippen molar-refractivity contribution in [1.29, 1.82) is 0 Å². The molecular weight excluding hydrogens is 496 g/mol. The van der Waals surface area contributed by atoms with Crippen molar-refractivity contribution in [3.63, 3.8) is 0 Å². The van der Waals surface area contributed by atoms with Gasteiger partial charge in [-0.3, -0.25) is 5.43 Å². The number of rotatable bonds is 7. The third-order valence-electron chi connectivity index (χ3n) is 5.37. The molecule has 0 saturated carbocycles. The van der Waals surface area contributed by atoms with Crippen molar-refractivity contribution in [1.82, 2.24) is 5.43 Å². The van der Waals surface area contributed by atoms with E-state index in [4.69, 9.17) is 9.47 Å². The second kappa shape index (κ2) is 9.89. The van der Waals surface area contributed by atoms with Gasteiger partial charge in [-0.2, -0.15) is 5.10 Å². The van der Waals surface area contributed by atoms with Crippen LogP contribution in [0.2, 0.25) is 0 Å². The predicted octanol–water partition coefficient (Wildman–Crippen LogP) is 7.28. The molecule has 0 fully saturated rings. The molecule has 4 aromatic carbocycles. The minimum atomic E-state index is 0.00486. The Balaban J connectivity index is 1.35. The van der Waals surface area contributed by atoms with Gasteiger partial charge < -0.3 is 9.47 Å². The van der Waals surface area contributed by atoms with Gasteiger partial charge >= 0.3 is 0 Å². The van der Waals surface area contributed by atoms with E-state index < -0.39 is 0 Å². The monoisotopic (exact) mass is 518 g/mol. The largest absolute Gasteiger partial charge is 0.490 e. The van der Waals surface area contributed by atoms with E-state index in [1.165, 1.54) is 10.8 Å². The molecule has 0 bridgehead atoms. The maximum atomic E-state index is 6.24. The standard InChI is InChI=1S/C27H23BrN2O2S/c1-2-31-24-16-22(27-30-29-26(33-27)20-9-4-3-5-10-20)15-23(28)25(24)32-17-18-12-13-19-8-6-7-11-21(19)14-18/h3-16,27,30H,2,17H2,1H3/t27-/m0/s1. The van der Waals surface area contributed by atoms with E-state index in [0.717, 1.165) is 32.0 Å². The zero-order valence-corrected chi connectivity index (χ0v) is 20.5. The third kappa shape index (κ3) is 4.87. The van der Waals surface area contributed by atoms with E-state index in [0.29, 0.717) is 19.0 Å². The molecule has 0 amide bonds. The Labute approximate surface area is 206 Å². The van der Waals surface area contributed by atoms with Crippen molar-refractivity contribution >= 4 is 43.5 Å². The molecule has 1 aliphatic rings. The number of ether oxygens (including phenoxy) is 2. The molecule has 5 rings (SSSR count). The maximum absolute atomic E-state index is 6.24. The summed E-state index contributed by atoms with van der Waals surface area (Å²) < 4.78 is 13.1. The first-order valence-electron chi connectivity index (χ1n) is 10.8. The highest BCUT2D eigenvalue weighted by Gasteiger charge is 2.24. The van der Waals surface area contributed by atoms with Crippen molar-refractivity contribution in [3.8, 4) is 11.5 Å². The maximum Gasteiger partial charge on any atom is 0.175 e. The zero-order valence-electron chi connectivity index (χ0n) is 18.1. The normalized spacial score (nSPS) is 15.2. The fourth-order valence-corrected chi connectivity index (χ4v) is 5.32. The average Bonchev–Trinajstić information content (AvgIpc) is 3.34. The first-order chi connectivity index (χ1) is 16.2. The number of benzene rings is 4. The summed E-state index contributed by atoms with van der Waals surface area (Å²) in [7, 11) is 0. The second-order valence-electron chi connectivity index (χ2n) is 7.64. The average molecular weight is 519 g/mol. The van der Waals surface area contributed by atoms with Gasteiger partial charge in [-0.05, 0) is 63.0 Å². The van der Waals surface area contributed by atoms with Crippen LogP contribution in [0.1, 0.15) is 29.0 Å². The number of hydrogen-bond acceptors (Lipinski definition) is 5. The van der Waals surface area contributed by atoms with Gasteiger partial charge in [0, 0.05) is 5.56 Å². The summed E-state index contributed by atoms with van der Waals surface area (Å²) in [5.74, 6) is 1.43. The lowest BCUT2D eigenvalue weighted by Gasteiger charge is -2.18. The molecule has 0 saturated heterocycles. The van der Waals surface area contributed by atoms with Crippen LogP contribution < -0.4 is 14.9 Å². The van der Waals surface area contributed by atoms with Crippen LogP contribution >= 0.6 is 27.7 Å². The van der Waals surface area contributed by atoms with Crippen molar-refractivity contribution in [2.24, 2.45) is 5.10 Å². The lowest BCUT2D eigenvalue weighted by atomic mass is 10.1. The fraction of sp³-hybridized carbons (Fsp3) is 0.148. The summed E-state index contributed by atoms with van der Waals surface area (Å²) >= 11 is 5.40. The number of fused-ring (bicyclic) bond motifs is 1. The molecule has 0 radical (unpaired) electrons. The Morgan fingerprint density at radius 1 is 0.909 bits per heavy atom. The van der Waals surface area contributed by atoms with E-state index >= 15 is 0 Å². The molecule has 1 atom stereocenters. The summed E-state index contributed by atoms with van der Waals surface area (Å²) in [6.45, 7) is 2.99. The Bertz CT molecular complexity index is 1310. The van der Waals surface area contributed by atoms with Crippen LogP contribution in [0.5, 0.6) is 11.5 Å². The molecule has 0 aromatic heterocycles. The Morgan fingerprint density at radius 3 is 2.52 bits per heavy atom. The van der Waals surface area contributed by atoms with E-state index in [1.54, 1.807) is 11.8 Å². The summed E-state index contributed by atoms with van der Waals surface area (Å²) in [6, 6.07) is 29.1. The number of hydrazone groups is 1. The molecule has 0 unspecified atom stereocenters. The minimum absolute atomic E-state index is 0.00486. The Hall–Kier alpha value is -2.96. The number of nitrogens with zero attached hydrogens (tertiary/aromatic N) is 1. The number of nitrogens with one attached hydrogen (secondary N) is 1. The fourth-order valence-electron chi connectivity index (χ4n) is 3.76. The number of hydrogen-bond donors (Lipinski definition) is 1. The van der Waals surface area contributed by atoms with Gasteiger partial charge in [-0.1, -0.05) is 78.5 Å². The van der Waals surface area contributed by atoms with Gasteiger partial charge in [0.05, 0.1) is 11.1 Å². The summed E-state index contributed by atoms with van der Waals surface area (Å²) in [4.78, 5) is 0. The SMILES string of the molecule is CCOc1cc([C@H]2NN=C(c3ccccc3)S2)cc(Br)c1OCc1ccc2ccccc2c1. The molecule has 4 nitrogen and oxygen atoms in total. The van der Waals surface area contributed by atoms with Crippen molar-refractivity contribution in [2.75, 3.05) is 6.61 Å². The molecule has 0 spiro atoms. The van der Waals surface area contributed by atoms with Crippen molar-refractivity contribution in [3.05, 3.63) is 106 Å². The molecule has 4 aromatic rings. The van der Waals surface area contributed by atoms with Gasteiger partial charge in [-0.15, -0.1) is 0 Å². The van der Waals surface area contributed by atoms with E-state index in [2.05, 4.69) is 87.1 Å². The molecule has 1 heterocycles. The lowest BCUT2D eigenvalue weighted by Crippen LogP contribution is -2.08. The molecule has 33 heavy (non-hydrogen) atoms. The molecule has 1 N–H and O–H groups in total. The lowest BCUT2D eigenvalue weighted by molar-refractivity contribution is 0.267. The van der Waals surface area contributed by atoms with Crippen LogP contribution in [0.4, 0.5) is 0 Å². The Kier molecular flexibility index (Phi) is 6.55.